The summed E-state index contributed by atoms with van der Waals surface area (Å²) in [7, 11) is 0. The van der Waals surface area contributed by atoms with E-state index < -0.39 is 5.66 Å². The molecule has 0 saturated carbocycles. The van der Waals surface area contributed by atoms with Gasteiger partial charge in [-0.25, -0.2) is 4.99 Å². The van der Waals surface area contributed by atoms with Gasteiger partial charge in [-0.2, -0.15) is 10.1 Å². The van der Waals surface area contributed by atoms with Crippen LogP contribution in [-0.2, 0) is 11.4 Å². The molecular weight excluding hydrogens is 302 g/mol. The fraction of sp³-hybridized carbons (Fsp3) is 0.400. The van der Waals surface area contributed by atoms with Crippen molar-refractivity contribution in [1.82, 2.24) is 5.06 Å². The highest BCUT2D eigenvalue weighted by atomic mass is 79.9. The Hall–Kier alpha value is -1.54. The molecule has 2 heterocycles. The van der Waals surface area contributed by atoms with Gasteiger partial charge in [-0.1, -0.05) is 0 Å². The molecule has 0 fully saturated rings. The number of aliphatic imine (C=N–C) groups is 2. The van der Waals surface area contributed by atoms with Crippen LogP contribution >= 0.6 is 17.0 Å². The number of rotatable bonds is 3. The maximum absolute atomic E-state index is 5.74. The van der Waals surface area contributed by atoms with Crippen molar-refractivity contribution in [1.29, 1.82) is 0 Å². The molecule has 1 aliphatic rings. The van der Waals surface area contributed by atoms with E-state index in [0.29, 0.717) is 5.76 Å². The smallest absolute Gasteiger partial charge is 0.226 e. The minimum atomic E-state index is -0.692. The second-order valence-electron chi connectivity index (χ2n) is 4.08. The number of guanidine groups is 2. The fourth-order valence-electron chi connectivity index (χ4n) is 1.54. The molecule has 4 N–H and O–H groups in total. The molecule has 1 aromatic rings. The van der Waals surface area contributed by atoms with Crippen LogP contribution in [0, 0.1) is 0 Å². The van der Waals surface area contributed by atoms with Gasteiger partial charge in [0.1, 0.15) is 12.4 Å². The second-order valence-corrected chi connectivity index (χ2v) is 4.08. The summed E-state index contributed by atoms with van der Waals surface area (Å²) in [5.74, 6) is 1.01. The lowest BCUT2D eigenvalue weighted by molar-refractivity contribution is -0.170. The van der Waals surface area contributed by atoms with Crippen molar-refractivity contribution < 1.29 is 9.25 Å². The zero-order chi connectivity index (χ0) is 12.5. The zero-order valence-corrected chi connectivity index (χ0v) is 11.9. The van der Waals surface area contributed by atoms with Crippen LogP contribution in [0.1, 0.15) is 19.6 Å². The van der Waals surface area contributed by atoms with Crippen molar-refractivity contribution in [3.8, 4) is 0 Å². The summed E-state index contributed by atoms with van der Waals surface area (Å²) in [4.78, 5) is 13.5. The van der Waals surface area contributed by atoms with Crippen LogP contribution in [0.25, 0.3) is 0 Å². The van der Waals surface area contributed by atoms with Crippen LogP contribution in [0.15, 0.2) is 32.8 Å². The van der Waals surface area contributed by atoms with Crippen LogP contribution in [0.2, 0.25) is 0 Å². The average Bonchev–Trinajstić information content (AvgIpc) is 2.67. The summed E-state index contributed by atoms with van der Waals surface area (Å²) in [5, 5.41) is 1.41. The third-order valence-corrected chi connectivity index (χ3v) is 2.24. The van der Waals surface area contributed by atoms with Crippen LogP contribution < -0.4 is 11.5 Å². The first-order valence-corrected chi connectivity index (χ1v) is 5.14. The van der Waals surface area contributed by atoms with Crippen LogP contribution in [0.5, 0.6) is 0 Å². The average molecular weight is 318 g/mol. The first-order valence-electron chi connectivity index (χ1n) is 5.14. The highest BCUT2D eigenvalue weighted by molar-refractivity contribution is 8.93. The molecule has 7 nitrogen and oxygen atoms in total. The third-order valence-electron chi connectivity index (χ3n) is 2.24. The number of nitrogens with two attached hydrogens (primary N) is 2. The summed E-state index contributed by atoms with van der Waals surface area (Å²) >= 11 is 0. The summed E-state index contributed by atoms with van der Waals surface area (Å²) < 4.78 is 5.16. The zero-order valence-electron chi connectivity index (χ0n) is 10.2. The second kappa shape index (κ2) is 5.40. The molecule has 0 amide bonds. The van der Waals surface area contributed by atoms with Gasteiger partial charge < -0.3 is 15.9 Å². The SMILES string of the molecule is Br.CC1(C)N=C(N)N=C(N)N1OCc1ccco1. The number of hydroxylamine groups is 2. The molecule has 0 aromatic carbocycles. The van der Waals surface area contributed by atoms with Gasteiger partial charge in [-0.15, -0.1) is 17.0 Å². The number of halogens is 1. The van der Waals surface area contributed by atoms with Crippen LogP contribution in [-0.4, -0.2) is 22.6 Å². The lowest BCUT2D eigenvalue weighted by atomic mass is 10.2. The molecule has 18 heavy (non-hydrogen) atoms. The highest BCUT2D eigenvalue weighted by Crippen LogP contribution is 2.20. The van der Waals surface area contributed by atoms with E-state index in [1.165, 1.54) is 5.06 Å². The summed E-state index contributed by atoms with van der Waals surface area (Å²) in [6, 6.07) is 3.59. The molecule has 0 atom stereocenters. The number of hydrogen-bond acceptors (Lipinski definition) is 7. The van der Waals surface area contributed by atoms with Crippen LogP contribution in [0.3, 0.4) is 0 Å². The van der Waals surface area contributed by atoms with E-state index in [0.717, 1.165) is 0 Å². The van der Waals surface area contributed by atoms with Gasteiger partial charge in [0, 0.05) is 0 Å². The number of hydrogen-bond donors (Lipinski definition) is 2. The van der Waals surface area contributed by atoms with Crippen molar-refractivity contribution in [2.24, 2.45) is 21.5 Å². The minimum Gasteiger partial charge on any atom is -0.467 e. The molecule has 0 bridgehead atoms. The predicted molar refractivity (Wildman–Crippen MR) is 73.0 cm³/mol. The maximum Gasteiger partial charge on any atom is 0.226 e. The van der Waals surface area contributed by atoms with Gasteiger partial charge in [0.25, 0.3) is 0 Å². The predicted octanol–water partition coefficient (Wildman–Crippen LogP) is 0.970. The summed E-state index contributed by atoms with van der Waals surface area (Å²) in [6.45, 7) is 3.90. The van der Waals surface area contributed by atoms with Crippen molar-refractivity contribution in [2.45, 2.75) is 26.1 Å². The Morgan fingerprint density at radius 2 is 2.17 bits per heavy atom. The van der Waals surface area contributed by atoms with Gasteiger partial charge in [-0.05, 0) is 26.0 Å². The molecule has 0 radical (unpaired) electrons. The molecule has 2 rings (SSSR count). The van der Waals surface area contributed by atoms with Gasteiger partial charge in [0.05, 0.1) is 6.26 Å². The molecule has 0 aliphatic carbocycles. The Kier molecular flexibility index (Phi) is 4.36. The molecule has 0 spiro atoms. The maximum atomic E-state index is 5.74. The molecule has 1 aromatic heterocycles. The fourth-order valence-corrected chi connectivity index (χ4v) is 1.54. The van der Waals surface area contributed by atoms with E-state index in [1.54, 1.807) is 12.3 Å². The topological polar surface area (TPSA) is 102 Å². The lowest BCUT2D eigenvalue weighted by Crippen LogP contribution is -2.53. The Bertz CT molecular complexity index is 455. The largest absolute Gasteiger partial charge is 0.467 e. The first-order chi connectivity index (χ1) is 7.99. The van der Waals surface area contributed by atoms with Crippen molar-refractivity contribution in [3.63, 3.8) is 0 Å². The van der Waals surface area contributed by atoms with E-state index in [-0.39, 0.29) is 35.5 Å². The van der Waals surface area contributed by atoms with E-state index in [4.69, 9.17) is 20.7 Å². The first kappa shape index (κ1) is 14.5. The van der Waals surface area contributed by atoms with E-state index in [9.17, 15) is 0 Å². The Morgan fingerprint density at radius 1 is 1.44 bits per heavy atom. The normalized spacial score (nSPS) is 17.8. The Labute approximate surface area is 115 Å². The molecule has 100 valence electrons. The third kappa shape index (κ3) is 3.02. The standard InChI is InChI=1S/C10H15N5O2.BrH/c1-10(2)14-8(11)13-9(12)15(10)17-6-7-4-3-5-16-7;/h3-5H,6H2,1-2H3,(H4,11,12,13,14);1H. The van der Waals surface area contributed by atoms with E-state index in [1.807, 2.05) is 19.9 Å². The molecular formula is C10H16BrN5O2. The van der Waals surface area contributed by atoms with Crippen molar-refractivity contribution in [3.05, 3.63) is 24.2 Å². The minimum absolute atomic E-state index is 0. The lowest BCUT2D eigenvalue weighted by Gasteiger charge is -2.36. The van der Waals surface area contributed by atoms with E-state index >= 15 is 0 Å². The molecule has 8 heteroatoms. The quantitative estimate of drug-likeness (QED) is 0.864. The van der Waals surface area contributed by atoms with Crippen molar-refractivity contribution >= 4 is 28.9 Å². The Morgan fingerprint density at radius 3 is 2.72 bits per heavy atom. The molecule has 1 aliphatic heterocycles. The molecule has 0 saturated heterocycles. The molecule has 0 unspecified atom stereocenters. The van der Waals surface area contributed by atoms with Gasteiger partial charge in [0.15, 0.2) is 5.66 Å². The monoisotopic (exact) mass is 317 g/mol. The van der Waals surface area contributed by atoms with E-state index in [2.05, 4.69) is 9.98 Å². The van der Waals surface area contributed by atoms with Gasteiger partial charge in [-0.3, -0.25) is 4.84 Å². The van der Waals surface area contributed by atoms with Gasteiger partial charge >= 0.3 is 0 Å². The van der Waals surface area contributed by atoms with Crippen molar-refractivity contribution in [2.75, 3.05) is 0 Å². The van der Waals surface area contributed by atoms with Crippen LogP contribution in [0.4, 0.5) is 0 Å². The highest BCUT2D eigenvalue weighted by Gasteiger charge is 2.33. The Balaban J connectivity index is 0.00000162. The van der Waals surface area contributed by atoms with Gasteiger partial charge in [0.2, 0.25) is 11.9 Å². The number of furan rings is 1. The summed E-state index contributed by atoms with van der Waals surface area (Å²) in [5.41, 5.74) is 10.6. The number of nitrogens with zero attached hydrogens (tertiary/aromatic N) is 3. The summed E-state index contributed by atoms with van der Waals surface area (Å²) in [6.07, 6.45) is 1.58.